The van der Waals surface area contributed by atoms with Crippen LogP contribution in [0.3, 0.4) is 0 Å². The van der Waals surface area contributed by atoms with Crippen molar-refractivity contribution in [2.24, 2.45) is 0 Å². The molecular formula is C16H20N4O3. The second kappa shape index (κ2) is 7.55. The van der Waals surface area contributed by atoms with Crippen molar-refractivity contribution in [3.05, 3.63) is 52.8 Å². The molecule has 0 aliphatic heterocycles. The zero-order chi connectivity index (χ0) is 16.8. The van der Waals surface area contributed by atoms with E-state index in [1.807, 2.05) is 19.9 Å². The molecule has 122 valence electrons. The Balaban J connectivity index is 1.86. The maximum absolute atomic E-state index is 12.0. The van der Waals surface area contributed by atoms with Gasteiger partial charge < -0.3 is 4.74 Å². The maximum atomic E-state index is 12.0. The van der Waals surface area contributed by atoms with E-state index in [1.54, 1.807) is 36.1 Å². The van der Waals surface area contributed by atoms with Crippen LogP contribution in [0.25, 0.3) is 0 Å². The van der Waals surface area contributed by atoms with E-state index in [4.69, 9.17) is 4.74 Å². The highest BCUT2D eigenvalue weighted by atomic mass is 16.5. The lowest BCUT2D eigenvalue weighted by atomic mass is 10.1. The molecular weight excluding hydrogens is 296 g/mol. The van der Waals surface area contributed by atoms with Crippen LogP contribution < -0.4 is 10.9 Å². The SMILES string of the molecule is COCc1ccc(C(=O)NNC(=O)Cn2nc(C)cc2C)cc1. The molecule has 0 radical (unpaired) electrons. The molecule has 0 saturated carbocycles. The van der Waals surface area contributed by atoms with Crippen molar-refractivity contribution in [1.29, 1.82) is 0 Å². The molecule has 0 saturated heterocycles. The number of nitrogens with zero attached hydrogens (tertiary/aromatic N) is 2. The van der Waals surface area contributed by atoms with Crippen molar-refractivity contribution in [2.45, 2.75) is 27.0 Å². The van der Waals surface area contributed by atoms with Gasteiger partial charge in [-0.25, -0.2) is 0 Å². The van der Waals surface area contributed by atoms with Crippen molar-refractivity contribution in [3.8, 4) is 0 Å². The number of hydrogen-bond donors (Lipinski definition) is 2. The first-order valence-corrected chi connectivity index (χ1v) is 7.17. The summed E-state index contributed by atoms with van der Waals surface area (Å²) < 4.78 is 6.59. The van der Waals surface area contributed by atoms with E-state index in [0.717, 1.165) is 17.0 Å². The lowest BCUT2D eigenvalue weighted by Crippen LogP contribution is -2.43. The Bertz CT molecular complexity index is 692. The second-order valence-corrected chi connectivity index (χ2v) is 5.22. The first kappa shape index (κ1) is 16.7. The van der Waals surface area contributed by atoms with Crippen molar-refractivity contribution in [2.75, 3.05) is 7.11 Å². The van der Waals surface area contributed by atoms with E-state index in [2.05, 4.69) is 16.0 Å². The summed E-state index contributed by atoms with van der Waals surface area (Å²) in [6.07, 6.45) is 0. The number of ether oxygens (including phenoxy) is 1. The highest BCUT2D eigenvalue weighted by molar-refractivity contribution is 5.95. The molecule has 0 unspecified atom stereocenters. The molecule has 0 aliphatic rings. The minimum absolute atomic E-state index is 0.0483. The molecule has 1 heterocycles. The summed E-state index contributed by atoms with van der Waals surface area (Å²) in [5.74, 6) is -0.726. The zero-order valence-corrected chi connectivity index (χ0v) is 13.4. The Kier molecular flexibility index (Phi) is 5.48. The highest BCUT2D eigenvalue weighted by Crippen LogP contribution is 2.05. The molecule has 2 aromatic rings. The van der Waals surface area contributed by atoms with Gasteiger partial charge in [-0.15, -0.1) is 0 Å². The fourth-order valence-electron chi connectivity index (χ4n) is 2.13. The van der Waals surface area contributed by atoms with E-state index in [1.165, 1.54) is 0 Å². The fraction of sp³-hybridized carbons (Fsp3) is 0.312. The van der Waals surface area contributed by atoms with Crippen LogP contribution in [-0.4, -0.2) is 28.7 Å². The number of carbonyl (C=O) groups is 2. The van der Waals surface area contributed by atoms with E-state index < -0.39 is 0 Å². The van der Waals surface area contributed by atoms with E-state index in [0.29, 0.717) is 12.2 Å². The number of benzene rings is 1. The molecule has 0 aliphatic carbocycles. The molecule has 0 fully saturated rings. The van der Waals surface area contributed by atoms with Crippen molar-refractivity contribution in [1.82, 2.24) is 20.6 Å². The van der Waals surface area contributed by atoms with Crippen LogP contribution in [0.1, 0.15) is 27.3 Å². The standard InChI is InChI=1S/C16H20N4O3/c1-11-8-12(2)20(19-11)9-15(21)17-18-16(22)14-6-4-13(5-7-14)10-23-3/h4-8H,9-10H2,1-3H3,(H,17,21)(H,18,22). The average molecular weight is 316 g/mol. The van der Waals surface area contributed by atoms with Crippen LogP contribution in [0.2, 0.25) is 0 Å². The summed E-state index contributed by atoms with van der Waals surface area (Å²) in [6.45, 7) is 4.26. The van der Waals surface area contributed by atoms with Gasteiger partial charge in [0.2, 0.25) is 0 Å². The quantitative estimate of drug-likeness (QED) is 0.809. The zero-order valence-electron chi connectivity index (χ0n) is 13.4. The third-order valence-electron chi connectivity index (χ3n) is 3.24. The van der Waals surface area contributed by atoms with Crippen LogP contribution in [0.5, 0.6) is 0 Å². The Hall–Kier alpha value is -2.67. The first-order chi connectivity index (χ1) is 11.0. The molecule has 0 bridgehead atoms. The Morgan fingerprint density at radius 3 is 2.43 bits per heavy atom. The van der Waals surface area contributed by atoms with Gasteiger partial charge in [0, 0.05) is 18.4 Å². The number of rotatable bonds is 5. The second-order valence-electron chi connectivity index (χ2n) is 5.22. The minimum Gasteiger partial charge on any atom is -0.380 e. The van der Waals surface area contributed by atoms with Gasteiger partial charge in [-0.3, -0.25) is 25.1 Å². The van der Waals surface area contributed by atoms with Crippen molar-refractivity contribution in [3.63, 3.8) is 0 Å². The predicted octanol–water partition coefficient (Wildman–Crippen LogP) is 1.11. The lowest BCUT2D eigenvalue weighted by molar-refractivity contribution is -0.122. The van der Waals surface area contributed by atoms with Crippen LogP contribution >= 0.6 is 0 Å². The molecule has 2 N–H and O–H groups in total. The maximum Gasteiger partial charge on any atom is 0.269 e. The molecule has 2 rings (SSSR count). The summed E-state index contributed by atoms with van der Waals surface area (Å²) in [4.78, 5) is 23.8. The van der Waals surface area contributed by atoms with Gasteiger partial charge in [0.15, 0.2) is 0 Å². The molecule has 2 amide bonds. The number of aromatic nitrogens is 2. The number of amides is 2. The van der Waals surface area contributed by atoms with E-state index >= 15 is 0 Å². The Labute approximate surface area is 134 Å². The van der Waals surface area contributed by atoms with E-state index in [-0.39, 0.29) is 18.4 Å². The largest absolute Gasteiger partial charge is 0.380 e. The summed E-state index contributed by atoms with van der Waals surface area (Å²) in [7, 11) is 1.61. The number of hydrazine groups is 1. The van der Waals surface area contributed by atoms with Gasteiger partial charge >= 0.3 is 0 Å². The minimum atomic E-state index is -0.379. The average Bonchev–Trinajstić information content (AvgIpc) is 2.83. The molecule has 7 heteroatoms. The van der Waals surface area contributed by atoms with Gasteiger partial charge in [-0.2, -0.15) is 5.10 Å². The number of nitrogens with one attached hydrogen (secondary N) is 2. The first-order valence-electron chi connectivity index (χ1n) is 7.17. The van der Waals surface area contributed by atoms with Crippen LogP contribution in [-0.2, 0) is 22.7 Å². The monoisotopic (exact) mass is 316 g/mol. The van der Waals surface area contributed by atoms with Gasteiger partial charge in [0.25, 0.3) is 11.8 Å². The number of methoxy groups -OCH3 is 1. The Morgan fingerprint density at radius 2 is 1.87 bits per heavy atom. The topological polar surface area (TPSA) is 85.3 Å². The lowest BCUT2D eigenvalue weighted by Gasteiger charge is -2.09. The van der Waals surface area contributed by atoms with Crippen molar-refractivity contribution >= 4 is 11.8 Å². The third-order valence-corrected chi connectivity index (χ3v) is 3.24. The van der Waals surface area contributed by atoms with Crippen LogP contribution in [0.4, 0.5) is 0 Å². The summed E-state index contributed by atoms with van der Waals surface area (Å²) in [6, 6.07) is 8.84. The number of carbonyl (C=O) groups excluding carboxylic acids is 2. The third kappa shape index (κ3) is 4.65. The van der Waals surface area contributed by atoms with Gasteiger partial charge in [0.05, 0.1) is 12.3 Å². The number of aryl methyl sites for hydroxylation is 2. The molecule has 1 aromatic heterocycles. The molecule has 0 spiro atoms. The van der Waals surface area contributed by atoms with Crippen molar-refractivity contribution < 1.29 is 14.3 Å². The van der Waals surface area contributed by atoms with Crippen LogP contribution in [0, 0.1) is 13.8 Å². The molecule has 23 heavy (non-hydrogen) atoms. The smallest absolute Gasteiger partial charge is 0.269 e. The summed E-state index contributed by atoms with van der Waals surface area (Å²) in [5.41, 5.74) is 7.92. The number of hydrogen-bond acceptors (Lipinski definition) is 4. The van der Waals surface area contributed by atoms with Gasteiger partial charge in [-0.1, -0.05) is 12.1 Å². The van der Waals surface area contributed by atoms with Gasteiger partial charge in [-0.05, 0) is 37.6 Å². The predicted molar refractivity (Wildman–Crippen MR) is 84.5 cm³/mol. The summed E-state index contributed by atoms with van der Waals surface area (Å²) >= 11 is 0. The molecule has 7 nitrogen and oxygen atoms in total. The van der Waals surface area contributed by atoms with Crippen LogP contribution in [0.15, 0.2) is 30.3 Å². The normalized spacial score (nSPS) is 10.4. The van der Waals surface area contributed by atoms with Gasteiger partial charge in [0.1, 0.15) is 6.54 Å². The highest BCUT2D eigenvalue weighted by Gasteiger charge is 2.09. The molecule has 1 aromatic carbocycles. The van der Waals surface area contributed by atoms with E-state index in [9.17, 15) is 9.59 Å². The summed E-state index contributed by atoms with van der Waals surface area (Å²) in [5, 5.41) is 4.19. The fourth-order valence-corrected chi connectivity index (χ4v) is 2.13. The Morgan fingerprint density at radius 1 is 1.17 bits per heavy atom. The molecule has 0 atom stereocenters.